The molecule has 1 aliphatic carbocycles. The smallest absolute Gasteiger partial charge is 0.143 e. The molecule has 1 heterocycles. The number of carbonyl (C=O) groups is 1. The molecule has 0 spiro atoms. The second kappa shape index (κ2) is 6.33. The molecule has 1 aromatic rings. The van der Waals surface area contributed by atoms with Crippen molar-refractivity contribution in [3.63, 3.8) is 0 Å². The lowest BCUT2D eigenvalue weighted by Crippen LogP contribution is -2.29. The van der Waals surface area contributed by atoms with Crippen LogP contribution in [0.2, 0.25) is 0 Å². The van der Waals surface area contributed by atoms with Gasteiger partial charge in [0.05, 0.1) is 18.2 Å². The van der Waals surface area contributed by atoms with Gasteiger partial charge in [0, 0.05) is 18.7 Å². The molecule has 4 nitrogen and oxygen atoms in total. The first kappa shape index (κ1) is 14.3. The van der Waals surface area contributed by atoms with Gasteiger partial charge in [-0.25, -0.2) is 0 Å². The average Bonchev–Trinajstić information content (AvgIpc) is 2.98. The molecule has 0 saturated heterocycles. The molecule has 1 unspecified atom stereocenters. The Morgan fingerprint density at radius 1 is 1.47 bits per heavy atom. The Kier molecular flexibility index (Phi) is 4.75. The molecule has 0 amide bonds. The second-order valence-electron chi connectivity index (χ2n) is 5.95. The third kappa shape index (κ3) is 3.44. The lowest BCUT2D eigenvalue weighted by Gasteiger charge is -2.16. The predicted molar refractivity (Wildman–Crippen MR) is 75.8 cm³/mol. The summed E-state index contributed by atoms with van der Waals surface area (Å²) in [7, 11) is 0. The van der Waals surface area contributed by atoms with Crippen molar-refractivity contribution in [2.45, 2.75) is 52.0 Å². The van der Waals surface area contributed by atoms with Gasteiger partial charge in [0.15, 0.2) is 0 Å². The first-order chi connectivity index (χ1) is 9.11. The fourth-order valence-electron chi connectivity index (χ4n) is 2.93. The highest BCUT2D eigenvalue weighted by molar-refractivity contribution is 5.83. The highest BCUT2D eigenvalue weighted by Crippen LogP contribution is 2.28. The summed E-state index contributed by atoms with van der Waals surface area (Å²) in [5, 5.41) is 4.56. The number of rotatable bonds is 6. The summed E-state index contributed by atoms with van der Waals surface area (Å²) in [5.74, 6) is 0.472. The molecule has 0 aromatic carbocycles. The van der Waals surface area contributed by atoms with Crippen molar-refractivity contribution >= 4 is 5.78 Å². The fraction of sp³-hybridized carbons (Fsp3) is 0.733. The van der Waals surface area contributed by atoms with Crippen LogP contribution in [0.25, 0.3) is 0 Å². The van der Waals surface area contributed by atoms with Crippen LogP contribution >= 0.6 is 0 Å². The van der Waals surface area contributed by atoms with Gasteiger partial charge in [-0.05, 0) is 24.8 Å². The van der Waals surface area contributed by atoms with Gasteiger partial charge in [-0.2, -0.15) is 5.10 Å². The molecule has 1 aromatic heterocycles. The Morgan fingerprint density at radius 2 is 2.16 bits per heavy atom. The molecule has 1 aliphatic rings. The molecule has 0 bridgehead atoms. The third-order valence-electron chi connectivity index (χ3n) is 4.19. The van der Waals surface area contributed by atoms with Crippen molar-refractivity contribution in [3.05, 3.63) is 18.0 Å². The number of Topliss-reactive ketones (excluding diaryl/α,β-unsaturated/α-hetero) is 1. The zero-order valence-electron chi connectivity index (χ0n) is 12.0. The predicted octanol–water partition coefficient (Wildman–Crippen LogP) is 2.34. The van der Waals surface area contributed by atoms with Crippen LogP contribution in [0.15, 0.2) is 12.3 Å². The highest BCUT2D eigenvalue weighted by atomic mass is 16.1. The largest absolute Gasteiger partial charge is 0.330 e. The van der Waals surface area contributed by atoms with E-state index in [2.05, 4.69) is 5.10 Å². The van der Waals surface area contributed by atoms with E-state index in [0.29, 0.717) is 24.9 Å². The summed E-state index contributed by atoms with van der Waals surface area (Å²) in [6.45, 7) is 4.53. The Balaban J connectivity index is 1.97. The molecular weight excluding hydrogens is 238 g/mol. The third-order valence-corrected chi connectivity index (χ3v) is 4.19. The van der Waals surface area contributed by atoms with E-state index in [1.54, 1.807) is 0 Å². The summed E-state index contributed by atoms with van der Waals surface area (Å²) in [5.41, 5.74) is 6.57. The van der Waals surface area contributed by atoms with Crippen LogP contribution in [-0.4, -0.2) is 22.1 Å². The SMILES string of the molecule is CC(C)C(CN)C(=O)Cc1ccn(C2CCCC2)n1. The van der Waals surface area contributed by atoms with Crippen molar-refractivity contribution in [2.24, 2.45) is 17.6 Å². The van der Waals surface area contributed by atoms with Crippen LogP contribution < -0.4 is 5.73 Å². The lowest BCUT2D eigenvalue weighted by atomic mass is 9.89. The van der Waals surface area contributed by atoms with Gasteiger partial charge >= 0.3 is 0 Å². The van der Waals surface area contributed by atoms with E-state index in [4.69, 9.17) is 5.73 Å². The van der Waals surface area contributed by atoms with Gasteiger partial charge in [0.1, 0.15) is 5.78 Å². The van der Waals surface area contributed by atoms with Crippen LogP contribution in [0.1, 0.15) is 51.3 Å². The summed E-state index contributed by atoms with van der Waals surface area (Å²) < 4.78 is 2.04. The number of nitrogens with two attached hydrogens (primary N) is 1. The lowest BCUT2D eigenvalue weighted by molar-refractivity contribution is -0.123. The molecule has 1 saturated carbocycles. The first-order valence-electron chi connectivity index (χ1n) is 7.38. The number of aromatic nitrogens is 2. The van der Waals surface area contributed by atoms with Gasteiger partial charge in [-0.1, -0.05) is 26.7 Å². The highest BCUT2D eigenvalue weighted by Gasteiger charge is 2.22. The molecule has 0 radical (unpaired) electrons. The quantitative estimate of drug-likeness (QED) is 0.857. The van der Waals surface area contributed by atoms with E-state index >= 15 is 0 Å². The van der Waals surface area contributed by atoms with Crippen LogP contribution in [0, 0.1) is 11.8 Å². The van der Waals surface area contributed by atoms with Crippen molar-refractivity contribution in [3.8, 4) is 0 Å². The maximum atomic E-state index is 12.2. The first-order valence-corrected chi connectivity index (χ1v) is 7.38. The maximum absolute atomic E-state index is 12.2. The fourth-order valence-corrected chi connectivity index (χ4v) is 2.93. The average molecular weight is 263 g/mol. The van der Waals surface area contributed by atoms with Gasteiger partial charge in [-0.15, -0.1) is 0 Å². The van der Waals surface area contributed by atoms with Crippen molar-refractivity contribution in [1.29, 1.82) is 0 Å². The summed E-state index contributed by atoms with van der Waals surface area (Å²) in [6, 6.07) is 2.52. The van der Waals surface area contributed by atoms with Crippen molar-refractivity contribution in [1.82, 2.24) is 9.78 Å². The normalized spacial score (nSPS) is 18.1. The molecular formula is C15H25N3O. The molecule has 0 aliphatic heterocycles. The minimum absolute atomic E-state index is 0.0448. The van der Waals surface area contributed by atoms with Gasteiger partial charge in [0.2, 0.25) is 0 Å². The van der Waals surface area contributed by atoms with Crippen molar-refractivity contribution < 1.29 is 4.79 Å². The number of hydrogen-bond acceptors (Lipinski definition) is 3. The summed E-state index contributed by atoms with van der Waals surface area (Å²) >= 11 is 0. The van der Waals surface area contributed by atoms with Gasteiger partial charge in [0.25, 0.3) is 0 Å². The second-order valence-corrected chi connectivity index (χ2v) is 5.95. The van der Waals surface area contributed by atoms with Crippen LogP contribution in [0.5, 0.6) is 0 Å². The number of carbonyl (C=O) groups excluding carboxylic acids is 1. The van der Waals surface area contributed by atoms with E-state index in [1.165, 1.54) is 25.7 Å². The molecule has 2 rings (SSSR count). The number of nitrogens with zero attached hydrogens (tertiary/aromatic N) is 2. The molecule has 1 atom stereocenters. The zero-order chi connectivity index (χ0) is 13.8. The van der Waals surface area contributed by atoms with E-state index in [9.17, 15) is 4.79 Å². The number of hydrogen-bond donors (Lipinski definition) is 1. The van der Waals surface area contributed by atoms with Crippen LogP contribution in [0.4, 0.5) is 0 Å². The Hall–Kier alpha value is -1.16. The minimum atomic E-state index is -0.0448. The van der Waals surface area contributed by atoms with Crippen LogP contribution in [-0.2, 0) is 11.2 Å². The van der Waals surface area contributed by atoms with E-state index < -0.39 is 0 Å². The maximum Gasteiger partial charge on any atom is 0.143 e. The van der Waals surface area contributed by atoms with E-state index in [0.717, 1.165) is 5.69 Å². The van der Waals surface area contributed by atoms with E-state index in [-0.39, 0.29) is 11.7 Å². The molecule has 1 fully saturated rings. The van der Waals surface area contributed by atoms with Crippen molar-refractivity contribution in [2.75, 3.05) is 6.54 Å². The molecule has 19 heavy (non-hydrogen) atoms. The molecule has 106 valence electrons. The molecule has 4 heteroatoms. The molecule has 2 N–H and O–H groups in total. The minimum Gasteiger partial charge on any atom is -0.330 e. The van der Waals surface area contributed by atoms with Gasteiger partial charge < -0.3 is 5.73 Å². The topological polar surface area (TPSA) is 60.9 Å². The van der Waals surface area contributed by atoms with Gasteiger partial charge in [-0.3, -0.25) is 9.48 Å². The Morgan fingerprint density at radius 3 is 2.74 bits per heavy atom. The Labute approximate surface area is 115 Å². The standard InChI is InChI=1S/C15H25N3O/c1-11(2)14(10-16)15(19)9-12-7-8-18(17-12)13-5-3-4-6-13/h7-8,11,13-14H,3-6,9-10,16H2,1-2H3. The summed E-state index contributed by atoms with van der Waals surface area (Å²) in [4.78, 5) is 12.2. The van der Waals surface area contributed by atoms with Crippen LogP contribution in [0.3, 0.4) is 0 Å². The Bertz CT molecular complexity index is 419. The van der Waals surface area contributed by atoms with E-state index in [1.807, 2.05) is 30.8 Å². The zero-order valence-corrected chi connectivity index (χ0v) is 12.0. The summed E-state index contributed by atoms with van der Waals surface area (Å²) in [6.07, 6.45) is 7.45. The number of ketones is 1. The monoisotopic (exact) mass is 263 g/mol.